The van der Waals surface area contributed by atoms with Crippen LogP contribution in [0.25, 0.3) is 0 Å². The van der Waals surface area contributed by atoms with E-state index in [1.165, 1.54) is 12.0 Å². The number of benzene rings is 2. The molecule has 284 valence electrons. The second-order valence-electron chi connectivity index (χ2n) is 13.1. The number of hydrogen-bond acceptors (Lipinski definition) is 11. The van der Waals surface area contributed by atoms with Crippen molar-refractivity contribution < 1.29 is 38.2 Å². The Hall–Kier alpha value is -5.35. The molecule has 4 heterocycles. The van der Waals surface area contributed by atoms with Gasteiger partial charge >= 0.3 is 5.97 Å². The topological polar surface area (TPSA) is 195 Å². The van der Waals surface area contributed by atoms with Gasteiger partial charge in [0, 0.05) is 26.0 Å². The first kappa shape index (κ1) is 38.9. The quantitative estimate of drug-likeness (QED) is 0.255. The van der Waals surface area contributed by atoms with E-state index >= 15 is 0 Å². The van der Waals surface area contributed by atoms with Crippen molar-refractivity contribution in [3.8, 4) is 5.75 Å². The monoisotopic (exact) mass is 732 g/mol. The third-order valence-electron chi connectivity index (χ3n) is 9.34. The van der Waals surface area contributed by atoms with Crippen LogP contribution in [0.5, 0.6) is 5.75 Å². The number of fused-ring (bicyclic) bond motifs is 15. The van der Waals surface area contributed by atoms with E-state index in [2.05, 4.69) is 31.6 Å². The Morgan fingerprint density at radius 3 is 2.51 bits per heavy atom. The highest BCUT2D eigenvalue weighted by Crippen LogP contribution is 2.21. The van der Waals surface area contributed by atoms with Crippen LogP contribution in [-0.2, 0) is 59.4 Å². The van der Waals surface area contributed by atoms with Crippen LogP contribution in [0.15, 0.2) is 60.8 Å². The van der Waals surface area contributed by atoms with Crippen LogP contribution in [0.4, 0.5) is 0 Å². The summed E-state index contributed by atoms with van der Waals surface area (Å²) in [7, 11) is 2.89. The van der Waals surface area contributed by atoms with Gasteiger partial charge < -0.3 is 40.4 Å². The van der Waals surface area contributed by atoms with Crippen LogP contribution < -0.4 is 26.0 Å². The molecule has 1 saturated heterocycles. The van der Waals surface area contributed by atoms with Gasteiger partial charge in [-0.2, -0.15) is 0 Å². The standard InChI is InChI=1S/C37H48N8O8/c1-24(38-2)33(46)39-29-15-18-52-23-27-22-44(43-42-27)17-19-53-28-13-11-26(12-14-28)21-31(37(50)51-3)41-34(47)30(20-25-8-5-4-6-9-25)40-35(48)32-10-7-16-45(32)36(29)49/h4-6,8-9,11-14,22,24,29-32,38H,7,10,15-21,23H2,1-3H3,(H,39,46)(H,40,48)(H,41,47)/t24-,29-,30-,31-,32-/m0/s1. The maximum absolute atomic E-state index is 14.1. The van der Waals surface area contributed by atoms with E-state index in [1.807, 2.05) is 30.3 Å². The zero-order valence-corrected chi connectivity index (χ0v) is 30.3. The fraction of sp³-hybridized carbons (Fsp3) is 0.486. The predicted octanol–water partition coefficient (Wildman–Crippen LogP) is 0.289. The van der Waals surface area contributed by atoms with Gasteiger partial charge in [0.2, 0.25) is 23.6 Å². The molecule has 5 atom stereocenters. The Bertz CT molecular complexity index is 1700. The third kappa shape index (κ3) is 10.8. The molecule has 2 aromatic carbocycles. The lowest BCUT2D eigenvalue weighted by Gasteiger charge is -2.30. The van der Waals surface area contributed by atoms with E-state index in [9.17, 15) is 24.0 Å². The molecular formula is C37H48N8O8. The van der Waals surface area contributed by atoms with Crippen molar-refractivity contribution in [2.75, 3.05) is 33.9 Å². The van der Waals surface area contributed by atoms with Crippen molar-refractivity contribution in [3.63, 3.8) is 0 Å². The van der Waals surface area contributed by atoms with Crippen LogP contribution in [0, 0.1) is 0 Å². The summed E-state index contributed by atoms with van der Waals surface area (Å²) >= 11 is 0. The zero-order chi connectivity index (χ0) is 37.7. The fourth-order valence-corrected chi connectivity index (χ4v) is 6.23. The van der Waals surface area contributed by atoms with Crippen molar-refractivity contribution in [3.05, 3.63) is 77.6 Å². The largest absolute Gasteiger partial charge is 0.492 e. The molecule has 4 bridgehead atoms. The van der Waals surface area contributed by atoms with Gasteiger partial charge in [0.25, 0.3) is 0 Å². The molecule has 16 nitrogen and oxygen atoms in total. The van der Waals surface area contributed by atoms with Gasteiger partial charge in [-0.15, -0.1) is 5.10 Å². The van der Waals surface area contributed by atoms with E-state index in [4.69, 9.17) is 14.2 Å². The molecule has 4 amide bonds. The molecule has 6 rings (SSSR count). The lowest BCUT2D eigenvalue weighted by Crippen LogP contribution is -2.58. The van der Waals surface area contributed by atoms with Gasteiger partial charge in [0.1, 0.15) is 42.2 Å². The predicted molar refractivity (Wildman–Crippen MR) is 191 cm³/mol. The highest BCUT2D eigenvalue weighted by Gasteiger charge is 2.39. The molecule has 0 saturated carbocycles. The van der Waals surface area contributed by atoms with E-state index < -0.39 is 53.9 Å². The molecule has 1 fully saturated rings. The summed E-state index contributed by atoms with van der Waals surface area (Å²) in [6, 6.07) is 11.7. The number of carbonyl (C=O) groups is 5. The highest BCUT2D eigenvalue weighted by atomic mass is 16.5. The van der Waals surface area contributed by atoms with Crippen LogP contribution in [0.3, 0.4) is 0 Å². The average molecular weight is 733 g/mol. The van der Waals surface area contributed by atoms with Crippen molar-refractivity contribution in [2.24, 2.45) is 0 Å². The molecule has 0 aliphatic carbocycles. The maximum atomic E-state index is 14.1. The first-order valence-corrected chi connectivity index (χ1v) is 17.8. The summed E-state index contributed by atoms with van der Waals surface area (Å²) in [5.74, 6) is -1.96. The highest BCUT2D eigenvalue weighted by molar-refractivity contribution is 5.96. The van der Waals surface area contributed by atoms with Crippen molar-refractivity contribution in [2.45, 2.75) is 82.4 Å². The zero-order valence-electron chi connectivity index (χ0n) is 30.3. The Labute approximate surface area is 308 Å². The SMILES string of the molecule is CN[C@@H](C)C(=O)N[C@H]1CCOCc2cn(nn2)CCOc2ccc(cc2)C[C@@H](C(=O)OC)NC(=O)[C@H](Cc2ccccc2)NC(=O)[C@@H]2CCCN2C1=O. The Balaban J connectivity index is 1.42. The van der Waals surface area contributed by atoms with Crippen LogP contribution in [0.1, 0.15) is 43.0 Å². The lowest BCUT2D eigenvalue weighted by atomic mass is 10.0. The van der Waals surface area contributed by atoms with Gasteiger partial charge in [-0.3, -0.25) is 19.2 Å². The molecule has 3 aromatic rings. The molecule has 3 aliphatic rings. The van der Waals surface area contributed by atoms with Gasteiger partial charge in [0.15, 0.2) is 0 Å². The van der Waals surface area contributed by atoms with Gasteiger partial charge in [-0.05, 0) is 56.5 Å². The van der Waals surface area contributed by atoms with Crippen molar-refractivity contribution in [1.82, 2.24) is 41.2 Å². The average Bonchev–Trinajstić information content (AvgIpc) is 3.85. The first-order chi connectivity index (χ1) is 25.6. The minimum Gasteiger partial charge on any atom is -0.492 e. The van der Waals surface area contributed by atoms with E-state index in [0.717, 1.165) is 11.1 Å². The second-order valence-corrected chi connectivity index (χ2v) is 13.1. The summed E-state index contributed by atoms with van der Waals surface area (Å²) in [6.45, 7) is 2.95. The summed E-state index contributed by atoms with van der Waals surface area (Å²) in [4.78, 5) is 69.3. The number of likely N-dealkylation sites (N-methyl/N-ethyl adjacent to an activating group) is 1. The summed E-state index contributed by atoms with van der Waals surface area (Å²) in [5.41, 5.74) is 2.11. The minimum atomic E-state index is -1.09. The summed E-state index contributed by atoms with van der Waals surface area (Å²) < 4.78 is 18.4. The van der Waals surface area contributed by atoms with Gasteiger partial charge in [-0.1, -0.05) is 47.7 Å². The molecule has 0 radical (unpaired) electrons. The number of nitrogens with one attached hydrogen (secondary N) is 4. The number of aromatic nitrogens is 3. The number of carbonyl (C=O) groups excluding carboxylic acids is 5. The number of nitrogens with zero attached hydrogens (tertiary/aromatic N) is 4. The molecule has 53 heavy (non-hydrogen) atoms. The molecule has 16 heteroatoms. The molecule has 4 N–H and O–H groups in total. The number of amides is 4. The van der Waals surface area contributed by atoms with Gasteiger partial charge in [0.05, 0.1) is 32.5 Å². The Kier molecular flexibility index (Phi) is 13.9. The number of esters is 1. The van der Waals surface area contributed by atoms with Crippen LogP contribution >= 0.6 is 0 Å². The van der Waals surface area contributed by atoms with E-state index in [-0.39, 0.29) is 44.9 Å². The van der Waals surface area contributed by atoms with Gasteiger partial charge in [-0.25, -0.2) is 9.48 Å². The smallest absolute Gasteiger partial charge is 0.328 e. The number of ether oxygens (including phenoxy) is 3. The van der Waals surface area contributed by atoms with Crippen LogP contribution in [0.2, 0.25) is 0 Å². The number of rotatable bonds is 6. The normalized spacial score (nSPS) is 22.6. The number of hydrogen-bond donors (Lipinski definition) is 4. The van der Waals surface area contributed by atoms with Crippen LogP contribution in [-0.4, -0.2) is 114 Å². The molecular weight excluding hydrogens is 684 g/mol. The van der Waals surface area contributed by atoms with Crippen molar-refractivity contribution in [1.29, 1.82) is 0 Å². The summed E-state index contributed by atoms with van der Waals surface area (Å²) in [5, 5.41) is 19.6. The lowest BCUT2D eigenvalue weighted by molar-refractivity contribution is -0.145. The molecule has 1 aromatic heterocycles. The second kappa shape index (κ2) is 18.9. The number of methoxy groups -OCH3 is 1. The van der Waals surface area contributed by atoms with Crippen molar-refractivity contribution >= 4 is 29.6 Å². The Morgan fingerprint density at radius 1 is 1.00 bits per heavy atom. The fourth-order valence-electron chi connectivity index (χ4n) is 6.23. The Morgan fingerprint density at radius 2 is 1.77 bits per heavy atom. The third-order valence-corrected chi connectivity index (χ3v) is 9.34. The van der Waals surface area contributed by atoms with E-state index in [1.54, 1.807) is 49.1 Å². The minimum absolute atomic E-state index is 0.113. The maximum Gasteiger partial charge on any atom is 0.328 e. The summed E-state index contributed by atoms with van der Waals surface area (Å²) in [6.07, 6.45) is 3.05. The molecule has 3 aliphatic heterocycles. The molecule has 0 spiro atoms. The van der Waals surface area contributed by atoms with E-state index in [0.29, 0.717) is 37.4 Å². The molecule has 0 unspecified atom stereocenters. The first-order valence-electron chi connectivity index (χ1n) is 17.8.